The molecule has 0 aliphatic carbocycles. The van der Waals surface area contributed by atoms with E-state index in [1.807, 2.05) is 13.1 Å². The molecule has 2 saturated heterocycles. The second-order valence-electron chi connectivity index (χ2n) is 5.55. The van der Waals surface area contributed by atoms with Crippen molar-refractivity contribution in [3.63, 3.8) is 0 Å². The van der Waals surface area contributed by atoms with Crippen LogP contribution in [-0.2, 0) is 5.54 Å². The lowest BCUT2D eigenvalue weighted by Gasteiger charge is -2.24. The normalized spacial score (nSPS) is 30.4. The van der Waals surface area contributed by atoms with Crippen LogP contribution in [0.2, 0.25) is 0 Å². The quantitative estimate of drug-likeness (QED) is 0.793. The maximum Gasteiger partial charge on any atom is 0.149 e. The van der Waals surface area contributed by atoms with E-state index in [4.69, 9.17) is 10.7 Å². The minimum Gasteiger partial charge on any atom is -0.382 e. The third kappa shape index (κ3) is 1.15. The van der Waals surface area contributed by atoms with Gasteiger partial charge in [-0.25, -0.2) is 9.97 Å². The predicted octanol–water partition coefficient (Wildman–Crippen LogP) is 1.36. The zero-order chi connectivity index (χ0) is 12.3. The largest absolute Gasteiger partial charge is 0.382 e. The van der Waals surface area contributed by atoms with Crippen molar-refractivity contribution in [2.75, 3.05) is 5.73 Å². The van der Waals surface area contributed by atoms with Gasteiger partial charge in [0.25, 0.3) is 0 Å². The molecule has 4 rings (SSSR count). The molecule has 2 aliphatic rings. The van der Waals surface area contributed by atoms with Gasteiger partial charge in [-0.05, 0) is 32.6 Å². The first-order chi connectivity index (χ1) is 8.70. The first-order valence-corrected chi connectivity index (χ1v) is 6.57. The molecule has 2 aromatic rings. The van der Waals surface area contributed by atoms with Crippen LogP contribution >= 0.6 is 0 Å². The molecule has 3 N–H and O–H groups in total. The van der Waals surface area contributed by atoms with Crippen LogP contribution in [0.25, 0.3) is 5.52 Å². The standard InChI is InChI=1S/C13H17N5/c1-8-10-11(14)15-6-7-18(10)12(16-8)13-4-2-9(17-13)3-5-13/h6-7,9,17H,2-5H2,1H3,(H2,14,15). The zero-order valence-corrected chi connectivity index (χ0v) is 10.5. The summed E-state index contributed by atoms with van der Waals surface area (Å²) in [5.74, 6) is 1.68. The number of nitrogens with two attached hydrogens (primary N) is 1. The van der Waals surface area contributed by atoms with Crippen molar-refractivity contribution in [1.82, 2.24) is 19.7 Å². The Morgan fingerprint density at radius 2 is 2.22 bits per heavy atom. The Bertz CT molecular complexity index is 622. The van der Waals surface area contributed by atoms with Gasteiger partial charge in [0.1, 0.15) is 17.2 Å². The van der Waals surface area contributed by atoms with Crippen LogP contribution in [0.3, 0.4) is 0 Å². The van der Waals surface area contributed by atoms with Crippen LogP contribution in [0.15, 0.2) is 12.4 Å². The highest BCUT2D eigenvalue weighted by atomic mass is 15.2. The molecule has 2 aliphatic heterocycles. The molecular formula is C13H17N5. The Morgan fingerprint density at radius 1 is 1.44 bits per heavy atom. The monoisotopic (exact) mass is 243 g/mol. The van der Waals surface area contributed by atoms with Gasteiger partial charge in [-0.2, -0.15) is 0 Å². The third-order valence-electron chi connectivity index (χ3n) is 4.50. The number of nitrogens with zero attached hydrogens (tertiary/aromatic N) is 3. The molecule has 2 fully saturated rings. The van der Waals surface area contributed by atoms with Crippen molar-refractivity contribution in [2.24, 2.45) is 0 Å². The molecule has 94 valence electrons. The van der Waals surface area contributed by atoms with Gasteiger partial charge in [0, 0.05) is 18.4 Å². The van der Waals surface area contributed by atoms with Gasteiger partial charge in [0.05, 0.1) is 11.2 Å². The van der Waals surface area contributed by atoms with Crippen LogP contribution in [0, 0.1) is 6.92 Å². The molecular weight excluding hydrogens is 226 g/mol. The van der Waals surface area contributed by atoms with E-state index in [0.29, 0.717) is 11.9 Å². The van der Waals surface area contributed by atoms with Crippen molar-refractivity contribution in [1.29, 1.82) is 0 Å². The summed E-state index contributed by atoms with van der Waals surface area (Å²) >= 11 is 0. The van der Waals surface area contributed by atoms with E-state index in [1.54, 1.807) is 6.20 Å². The fourth-order valence-corrected chi connectivity index (χ4v) is 3.66. The summed E-state index contributed by atoms with van der Waals surface area (Å²) in [5.41, 5.74) is 7.97. The lowest BCUT2D eigenvalue weighted by Crippen LogP contribution is -2.35. The summed E-state index contributed by atoms with van der Waals surface area (Å²) in [6.07, 6.45) is 8.61. The van der Waals surface area contributed by atoms with E-state index in [0.717, 1.165) is 17.0 Å². The molecule has 0 aromatic carbocycles. The van der Waals surface area contributed by atoms with Gasteiger partial charge in [-0.15, -0.1) is 0 Å². The molecule has 0 saturated carbocycles. The van der Waals surface area contributed by atoms with Crippen molar-refractivity contribution in [3.05, 3.63) is 23.9 Å². The van der Waals surface area contributed by atoms with Gasteiger partial charge in [-0.3, -0.25) is 4.40 Å². The number of imidazole rings is 1. The lowest BCUT2D eigenvalue weighted by molar-refractivity contribution is 0.375. The molecule has 18 heavy (non-hydrogen) atoms. The average molecular weight is 243 g/mol. The number of hydrogen-bond acceptors (Lipinski definition) is 4. The van der Waals surface area contributed by atoms with Crippen LogP contribution < -0.4 is 11.1 Å². The Morgan fingerprint density at radius 3 is 2.89 bits per heavy atom. The minimum absolute atomic E-state index is 0.0651. The summed E-state index contributed by atoms with van der Waals surface area (Å²) in [6, 6.07) is 0.678. The number of rotatable bonds is 1. The van der Waals surface area contributed by atoms with E-state index in [1.165, 1.54) is 25.7 Å². The minimum atomic E-state index is 0.0651. The molecule has 0 unspecified atom stereocenters. The summed E-state index contributed by atoms with van der Waals surface area (Å²) in [6.45, 7) is 2.01. The van der Waals surface area contributed by atoms with Crippen LogP contribution in [-0.4, -0.2) is 20.4 Å². The molecule has 2 bridgehead atoms. The van der Waals surface area contributed by atoms with Crippen molar-refractivity contribution < 1.29 is 0 Å². The molecule has 4 heterocycles. The van der Waals surface area contributed by atoms with E-state index in [-0.39, 0.29) is 5.54 Å². The molecule has 2 aromatic heterocycles. The molecule has 0 atom stereocenters. The number of aromatic nitrogens is 3. The highest BCUT2D eigenvalue weighted by Gasteiger charge is 2.48. The van der Waals surface area contributed by atoms with Crippen LogP contribution in [0.1, 0.15) is 37.2 Å². The number of anilines is 1. The molecule has 0 radical (unpaired) electrons. The summed E-state index contributed by atoms with van der Waals surface area (Å²) in [4.78, 5) is 8.95. The summed E-state index contributed by atoms with van der Waals surface area (Å²) < 4.78 is 2.12. The fourth-order valence-electron chi connectivity index (χ4n) is 3.66. The second kappa shape index (κ2) is 3.23. The van der Waals surface area contributed by atoms with Gasteiger partial charge < -0.3 is 11.1 Å². The summed E-state index contributed by atoms with van der Waals surface area (Å²) in [5, 5.41) is 3.74. The highest BCUT2D eigenvalue weighted by Crippen LogP contribution is 2.44. The Kier molecular flexibility index (Phi) is 1.85. The maximum atomic E-state index is 5.97. The zero-order valence-electron chi connectivity index (χ0n) is 10.5. The van der Waals surface area contributed by atoms with E-state index >= 15 is 0 Å². The first-order valence-electron chi connectivity index (χ1n) is 6.57. The van der Waals surface area contributed by atoms with Gasteiger partial charge in [-0.1, -0.05) is 0 Å². The van der Waals surface area contributed by atoms with Gasteiger partial charge >= 0.3 is 0 Å². The number of fused-ring (bicyclic) bond motifs is 3. The first kappa shape index (κ1) is 10.3. The van der Waals surface area contributed by atoms with Gasteiger partial charge in [0.2, 0.25) is 0 Å². The Labute approximate surface area is 105 Å². The molecule has 5 nitrogen and oxygen atoms in total. The highest BCUT2D eigenvalue weighted by molar-refractivity contribution is 5.69. The summed E-state index contributed by atoms with van der Waals surface area (Å²) in [7, 11) is 0. The van der Waals surface area contributed by atoms with Gasteiger partial charge in [0.15, 0.2) is 0 Å². The van der Waals surface area contributed by atoms with E-state index in [9.17, 15) is 0 Å². The SMILES string of the molecule is Cc1nc(C23CCC(CC2)N3)n2ccnc(N)c12. The molecule has 5 heteroatoms. The molecule has 0 spiro atoms. The van der Waals surface area contributed by atoms with E-state index in [2.05, 4.69) is 14.7 Å². The average Bonchev–Trinajstić information content (AvgIpc) is 3.03. The number of nitrogens with one attached hydrogen (secondary N) is 1. The number of nitrogen functional groups attached to an aromatic ring is 1. The van der Waals surface area contributed by atoms with E-state index < -0.39 is 0 Å². The fraction of sp³-hybridized carbons (Fsp3) is 0.538. The third-order valence-corrected chi connectivity index (χ3v) is 4.50. The molecule has 0 amide bonds. The number of aryl methyl sites for hydroxylation is 1. The van der Waals surface area contributed by atoms with Crippen molar-refractivity contribution in [2.45, 2.75) is 44.2 Å². The second-order valence-corrected chi connectivity index (χ2v) is 5.55. The smallest absolute Gasteiger partial charge is 0.149 e. The predicted molar refractivity (Wildman–Crippen MR) is 69.2 cm³/mol. The Hall–Kier alpha value is -1.62. The lowest BCUT2D eigenvalue weighted by atomic mass is 9.87. The van der Waals surface area contributed by atoms with Crippen LogP contribution in [0.5, 0.6) is 0 Å². The topological polar surface area (TPSA) is 68.2 Å². The maximum absolute atomic E-state index is 5.97. The number of hydrogen-bond donors (Lipinski definition) is 2. The van der Waals surface area contributed by atoms with Crippen LogP contribution in [0.4, 0.5) is 5.82 Å². The van der Waals surface area contributed by atoms with Crippen molar-refractivity contribution >= 4 is 11.3 Å². The Balaban J connectivity index is 1.99. The van der Waals surface area contributed by atoms with Crippen molar-refractivity contribution in [3.8, 4) is 0 Å².